The Hall–Kier alpha value is -1.89. The van der Waals surface area contributed by atoms with Crippen molar-refractivity contribution in [2.75, 3.05) is 6.54 Å². The molecule has 0 aromatic carbocycles. The first-order valence-corrected chi connectivity index (χ1v) is 5.77. The van der Waals surface area contributed by atoms with Gasteiger partial charge in [-0.2, -0.15) is 5.10 Å². The Labute approximate surface area is 105 Å². The Morgan fingerprint density at radius 2 is 2.22 bits per heavy atom. The number of rotatable bonds is 1. The Balaban J connectivity index is 2.25. The van der Waals surface area contributed by atoms with Crippen molar-refractivity contribution < 1.29 is 9.59 Å². The highest BCUT2D eigenvalue weighted by Gasteiger charge is 2.32. The molecule has 0 aliphatic carbocycles. The van der Waals surface area contributed by atoms with Gasteiger partial charge >= 0.3 is 0 Å². The van der Waals surface area contributed by atoms with E-state index in [1.54, 1.807) is 0 Å². The summed E-state index contributed by atoms with van der Waals surface area (Å²) in [7, 11) is 0. The van der Waals surface area contributed by atoms with Crippen LogP contribution in [-0.2, 0) is 9.59 Å². The minimum Gasteiger partial charge on any atom is -0.352 e. The van der Waals surface area contributed by atoms with Gasteiger partial charge in [-0.3, -0.25) is 20.4 Å². The van der Waals surface area contributed by atoms with Crippen molar-refractivity contribution in [3.05, 3.63) is 11.3 Å². The minimum atomic E-state index is -0.481. The molecule has 2 aliphatic heterocycles. The molecule has 0 aromatic heterocycles. The van der Waals surface area contributed by atoms with Gasteiger partial charge in [0.05, 0.1) is 0 Å². The van der Waals surface area contributed by atoms with Gasteiger partial charge in [-0.1, -0.05) is 13.8 Å². The Bertz CT molecular complexity index is 464. The van der Waals surface area contributed by atoms with E-state index in [0.29, 0.717) is 18.5 Å². The highest BCUT2D eigenvalue weighted by atomic mass is 16.2. The van der Waals surface area contributed by atoms with Gasteiger partial charge in [0.2, 0.25) is 5.91 Å². The molecule has 0 saturated carbocycles. The van der Waals surface area contributed by atoms with Gasteiger partial charge in [0.15, 0.2) is 0 Å². The van der Waals surface area contributed by atoms with Crippen molar-refractivity contribution in [3.8, 4) is 0 Å². The van der Waals surface area contributed by atoms with Crippen molar-refractivity contribution in [1.29, 1.82) is 0 Å². The van der Waals surface area contributed by atoms with Crippen LogP contribution in [-0.4, -0.2) is 24.1 Å². The molecule has 0 aromatic rings. The molecule has 0 unspecified atom stereocenters. The normalized spacial score (nSPS) is 22.2. The number of nitrogens with two attached hydrogens (primary N) is 1. The smallest absolute Gasteiger partial charge is 0.281 e. The molecule has 2 amide bonds. The van der Waals surface area contributed by atoms with Gasteiger partial charge in [0.1, 0.15) is 5.71 Å². The third-order valence-corrected chi connectivity index (χ3v) is 3.08. The van der Waals surface area contributed by atoms with E-state index in [2.05, 4.69) is 29.7 Å². The van der Waals surface area contributed by atoms with Crippen LogP contribution in [0, 0.1) is 5.41 Å². The second kappa shape index (κ2) is 4.41. The van der Waals surface area contributed by atoms with E-state index in [9.17, 15) is 9.59 Å². The molecule has 0 spiro atoms. The second-order valence-corrected chi connectivity index (χ2v) is 5.30. The number of hydrazone groups is 1. The first-order valence-electron chi connectivity index (χ1n) is 5.77. The molecule has 2 heterocycles. The number of hydrazine groups is 1. The van der Waals surface area contributed by atoms with Crippen LogP contribution < -0.4 is 22.0 Å². The predicted octanol–water partition coefficient (Wildman–Crippen LogP) is -0.874. The van der Waals surface area contributed by atoms with Crippen LogP contribution in [0.5, 0.6) is 0 Å². The molecule has 0 fully saturated rings. The summed E-state index contributed by atoms with van der Waals surface area (Å²) in [6.07, 6.45) is 0.912. The number of hydrogen-bond acceptors (Lipinski definition) is 5. The molecule has 0 atom stereocenters. The van der Waals surface area contributed by atoms with Gasteiger partial charge in [0.25, 0.3) is 5.91 Å². The standard InChI is InChI=1S/C11H17N5O2/c1-11(2)4-8-6(9(17)13-5-11)3-7(15-16-8)10(18)14-12/h16H,3-5,12H2,1-2H3,(H,13,17)(H,14,18). The number of carbonyl (C=O) groups is 2. The fourth-order valence-electron chi connectivity index (χ4n) is 2.06. The van der Waals surface area contributed by atoms with Crippen LogP contribution in [0.25, 0.3) is 0 Å². The fraction of sp³-hybridized carbons (Fsp3) is 0.545. The molecule has 5 N–H and O–H groups in total. The minimum absolute atomic E-state index is 0.0388. The molecule has 0 bridgehead atoms. The van der Waals surface area contributed by atoms with Gasteiger partial charge in [-0.05, 0) is 11.8 Å². The lowest BCUT2D eigenvalue weighted by Gasteiger charge is -2.24. The molecule has 7 heteroatoms. The average molecular weight is 251 g/mol. The van der Waals surface area contributed by atoms with E-state index < -0.39 is 5.91 Å². The summed E-state index contributed by atoms with van der Waals surface area (Å²) in [5.41, 5.74) is 6.34. The van der Waals surface area contributed by atoms with Crippen molar-refractivity contribution in [1.82, 2.24) is 16.2 Å². The van der Waals surface area contributed by atoms with Crippen molar-refractivity contribution >= 4 is 17.5 Å². The summed E-state index contributed by atoms with van der Waals surface area (Å²) in [4.78, 5) is 23.4. The van der Waals surface area contributed by atoms with Crippen LogP contribution in [0.3, 0.4) is 0 Å². The third kappa shape index (κ3) is 2.35. The van der Waals surface area contributed by atoms with E-state index >= 15 is 0 Å². The summed E-state index contributed by atoms with van der Waals surface area (Å²) in [6, 6.07) is 0. The molecule has 98 valence electrons. The summed E-state index contributed by atoms with van der Waals surface area (Å²) < 4.78 is 0. The maximum absolute atomic E-state index is 12.0. The molecule has 0 radical (unpaired) electrons. The molecule has 0 saturated heterocycles. The SMILES string of the molecule is CC1(C)CNC(=O)C2=C(C1)NN=C(C(=O)NN)C2. The first-order chi connectivity index (χ1) is 8.43. The quantitative estimate of drug-likeness (QED) is 0.276. The summed E-state index contributed by atoms with van der Waals surface area (Å²) in [5.74, 6) is 4.42. The number of hydrogen-bond donors (Lipinski definition) is 4. The topological polar surface area (TPSA) is 109 Å². The number of nitrogens with zero attached hydrogens (tertiary/aromatic N) is 1. The van der Waals surface area contributed by atoms with Gasteiger partial charge in [0, 0.05) is 24.2 Å². The highest BCUT2D eigenvalue weighted by Crippen LogP contribution is 2.30. The van der Waals surface area contributed by atoms with Crippen LogP contribution in [0.2, 0.25) is 0 Å². The summed E-state index contributed by atoms with van der Waals surface area (Å²) >= 11 is 0. The molecular formula is C11H17N5O2. The zero-order valence-corrected chi connectivity index (χ0v) is 10.5. The van der Waals surface area contributed by atoms with Crippen molar-refractivity contribution in [2.45, 2.75) is 26.7 Å². The molecule has 2 rings (SSSR count). The van der Waals surface area contributed by atoms with Crippen LogP contribution in [0.15, 0.2) is 16.4 Å². The molecule has 2 aliphatic rings. The van der Waals surface area contributed by atoms with Crippen molar-refractivity contribution in [3.63, 3.8) is 0 Å². The van der Waals surface area contributed by atoms with Gasteiger partial charge in [-0.15, -0.1) is 0 Å². The lowest BCUT2D eigenvalue weighted by molar-refractivity contribution is -0.117. The lowest BCUT2D eigenvalue weighted by atomic mass is 9.87. The Morgan fingerprint density at radius 3 is 2.89 bits per heavy atom. The largest absolute Gasteiger partial charge is 0.352 e. The van der Waals surface area contributed by atoms with Gasteiger partial charge in [-0.25, -0.2) is 5.84 Å². The average Bonchev–Trinajstić information content (AvgIpc) is 2.45. The Morgan fingerprint density at radius 1 is 1.50 bits per heavy atom. The number of nitrogens with one attached hydrogen (secondary N) is 3. The van der Waals surface area contributed by atoms with Crippen LogP contribution in [0.1, 0.15) is 26.7 Å². The lowest BCUT2D eigenvalue weighted by Crippen LogP contribution is -2.40. The fourth-order valence-corrected chi connectivity index (χ4v) is 2.06. The predicted molar refractivity (Wildman–Crippen MR) is 66.0 cm³/mol. The van der Waals surface area contributed by atoms with E-state index in [4.69, 9.17) is 5.84 Å². The molecule has 7 nitrogen and oxygen atoms in total. The number of allylic oxidation sites excluding steroid dienone is 1. The second-order valence-electron chi connectivity index (χ2n) is 5.30. The number of carbonyl (C=O) groups excluding carboxylic acids is 2. The first kappa shape index (κ1) is 12.6. The van der Waals surface area contributed by atoms with E-state index in [1.807, 2.05) is 5.43 Å². The Kier molecular flexibility index (Phi) is 3.08. The van der Waals surface area contributed by atoms with E-state index in [0.717, 1.165) is 5.70 Å². The molecular weight excluding hydrogens is 234 g/mol. The zero-order chi connectivity index (χ0) is 13.3. The van der Waals surface area contributed by atoms with Crippen molar-refractivity contribution in [2.24, 2.45) is 16.4 Å². The van der Waals surface area contributed by atoms with E-state index in [-0.39, 0.29) is 23.5 Å². The zero-order valence-electron chi connectivity index (χ0n) is 10.5. The maximum atomic E-state index is 12.0. The maximum Gasteiger partial charge on any atom is 0.281 e. The monoisotopic (exact) mass is 251 g/mol. The third-order valence-electron chi connectivity index (χ3n) is 3.08. The van der Waals surface area contributed by atoms with Gasteiger partial charge < -0.3 is 5.32 Å². The van der Waals surface area contributed by atoms with E-state index in [1.165, 1.54) is 0 Å². The summed E-state index contributed by atoms with van der Waals surface area (Å²) in [5, 5.41) is 6.82. The van der Waals surface area contributed by atoms with Crippen LogP contribution in [0.4, 0.5) is 0 Å². The molecule has 18 heavy (non-hydrogen) atoms. The summed E-state index contributed by atoms with van der Waals surface area (Å²) in [6.45, 7) is 4.73. The van der Waals surface area contributed by atoms with Crippen LogP contribution >= 0.6 is 0 Å². The number of amides is 2. The highest BCUT2D eigenvalue weighted by molar-refractivity contribution is 6.40.